The van der Waals surface area contributed by atoms with Gasteiger partial charge in [-0.25, -0.2) is 13.2 Å². The van der Waals surface area contributed by atoms with E-state index in [0.717, 1.165) is 0 Å². The summed E-state index contributed by atoms with van der Waals surface area (Å²) in [4.78, 5) is 15.2. The number of rotatable bonds is 2. The van der Waals surface area contributed by atoms with E-state index in [4.69, 9.17) is 5.73 Å². The highest BCUT2D eigenvalue weighted by Crippen LogP contribution is 2.19. The fourth-order valence-electron chi connectivity index (χ4n) is 2.23. The number of piperazine rings is 1. The van der Waals surface area contributed by atoms with Crippen molar-refractivity contribution in [3.05, 3.63) is 24.3 Å². The standard InChI is InChI=1S/C13H20N4O3S/c1-15(2)13(18)16-6-8-17(9-7-16)21(19,20)12-5-3-4-11(14)10-12/h3-5,10H,6-9,14H2,1-2H3. The normalized spacial score (nSPS) is 16.8. The third-order valence-corrected chi connectivity index (χ3v) is 5.28. The highest BCUT2D eigenvalue weighted by Gasteiger charge is 2.30. The predicted molar refractivity (Wildman–Crippen MR) is 80.3 cm³/mol. The van der Waals surface area contributed by atoms with Crippen molar-refractivity contribution in [1.82, 2.24) is 14.1 Å². The first-order valence-corrected chi connectivity index (χ1v) is 8.08. The van der Waals surface area contributed by atoms with Crippen LogP contribution in [0.1, 0.15) is 0 Å². The molecule has 2 N–H and O–H groups in total. The number of carbonyl (C=O) groups excluding carboxylic acids is 1. The summed E-state index contributed by atoms with van der Waals surface area (Å²) < 4.78 is 26.4. The van der Waals surface area contributed by atoms with E-state index in [1.165, 1.54) is 21.3 Å². The molecule has 2 amide bonds. The largest absolute Gasteiger partial charge is 0.399 e. The molecule has 1 aliphatic heterocycles. The molecule has 0 spiro atoms. The average molecular weight is 312 g/mol. The van der Waals surface area contributed by atoms with Gasteiger partial charge in [0.25, 0.3) is 0 Å². The van der Waals surface area contributed by atoms with Crippen LogP contribution in [0.5, 0.6) is 0 Å². The topological polar surface area (TPSA) is 87.0 Å². The van der Waals surface area contributed by atoms with Crippen molar-refractivity contribution in [3.63, 3.8) is 0 Å². The summed E-state index contributed by atoms with van der Waals surface area (Å²) in [5.41, 5.74) is 6.05. The molecule has 1 aliphatic rings. The molecule has 1 aromatic carbocycles. The van der Waals surface area contributed by atoms with E-state index in [9.17, 15) is 13.2 Å². The number of anilines is 1. The Labute approximate surface area is 125 Å². The smallest absolute Gasteiger partial charge is 0.319 e. The number of carbonyl (C=O) groups is 1. The van der Waals surface area contributed by atoms with E-state index >= 15 is 0 Å². The molecule has 0 aliphatic carbocycles. The van der Waals surface area contributed by atoms with Gasteiger partial charge in [-0.15, -0.1) is 0 Å². The maximum absolute atomic E-state index is 12.5. The summed E-state index contributed by atoms with van der Waals surface area (Å²) in [6, 6.07) is 6.15. The fraction of sp³-hybridized carbons (Fsp3) is 0.462. The summed E-state index contributed by atoms with van der Waals surface area (Å²) >= 11 is 0. The second-order valence-corrected chi connectivity index (χ2v) is 7.08. The van der Waals surface area contributed by atoms with Crippen molar-refractivity contribution in [1.29, 1.82) is 0 Å². The number of urea groups is 1. The Kier molecular flexibility index (Phi) is 4.38. The molecule has 0 bridgehead atoms. The van der Waals surface area contributed by atoms with Gasteiger partial charge in [0, 0.05) is 46.0 Å². The number of amides is 2. The van der Waals surface area contributed by atoms with Crippen LogP contribution >= 0.6 is 0 Å². The van der Waals surface area contributed by atoms with E-state index in [1.54, 1.807) is 31.1 Å². The quantitative estimate of drug-likeness (QED) is 0.793. The molecule has 0 unspecified atom stereocenters. The SMILES string of the molecule is CN(C)C(=O)N1CCN(S(=O)(=O)c2cccc(N)c2)CC1. The number of nitrogens with zero attached hydrogens (tertiary/aromatic N) is 3. The molecule has 7 nitrogen and oxygen atoms in total. The zero-order valence-electron chi connectivity index (χ0n) is 12.2. The molecule has 0 saturated carbocycles. The molecule has 0 atom stereocenters. The Morgan fingerprint density at radius 2 is 1.81 bits per heavy atom. The molecule has 116 valence electrons. The van der Waals surface area contributed by atoms with E-state index in [-0.39, 0.29) is 24.0 Å². The van der Waals surface area contributed by atoms with Crippen LogP contribution in [0.3, 0.4) is 0 Å². The highest BCUT2D eigenvalue weighted by molar-refractivity contribution is 7.89. The molecule has 1 heterocycles. The predicted octanol–water partition coefficient (Wildman–Crippen LogP) is 0.257. The third kappa shape index (κ3) is 3.27. The van der Waals surface area contributed by atoms with E-state index in [1.807, 2.05) is 0 Å². The van der Waals surface area contributed by atoms with Crippen molar-refractivity contribution in [3.8, 4) is 0 Å². The maximum Gasteiger partial charge on any atom is 0.319 e. The lowest BCUT2D eigenvalue weighted by Crippen LogP contribution is -2.52. The van der Waals surface area contributed by atoms with Gasteiger partial charge in [0.2, 0.25) is 10.0 Å². The lowest BCUT2D eigenvalue weighted by Gasteiger charge is -2.35. The zero-order chi connectivity index (χ0) is 15.6. The summed E-state index contributed by atoms with van der Waals surface area (Å²) in [6.45, 7) is 1.35. The Morgan fingerprint density at radius 1 is 1.19 bits per heavy atom. The minimum absolute atomic E-state index is 0.101. The maximum atomic E-state index is 12.5. The van der Waals surface area contributed by atoms with Crippen LogP contribution in [0.2, 0.25) is 0 Å². The summed E-state index contributed by atoms with van der Waals surface area (Å²) in [7, 11) is -0.195. The van der Waals surface area contributed by atoms with Gasteiger partial charge < -0.3 is 15.5 Å². The van der Waals surface area contributed by atoms with Gasteiger partial charge in [-0.2, -0.15) is 4.31 Å². The first kappa shape index (κ1) is 15.6. The van der Waals surface area contributed by atoms with E-state index < -0.39 is 10.0 Å². The van der Waals surface area contributed by atoms with Crippen LogP contribution in [0, 0.1) is 0 Å². The van der Waals surface area contributed by atoms with Crippen LogP contribution in [-0.2, 0) is 10.0 Å². The molecule has 2 rings (SSSR count). The van der Waals surface area contributed by atoms with Gasteiger partial charge in [0.05, 0.1) is 4.90 Å². The zero-order valence-corrected chi connectivity index (χ0v) is 13.0. The monoisotopic (exact) mass is 312 g/mol. The Balaban J connectivity index is 2.10. The molecule has 1 saturated heterocycles. The van der Waals surface area contributed by atoms with Gasteiger partial charge >= 0.3 is 6.03 Å². The number of benzene rings is 1. The molecule has 1 aromatic rings. The molecule has 0 aromatic heterocycles. The van der Waals surface area contributed by atoms with Gasteiger partial charge in [-0.1, -0.05) is 6.07 Å². The lowest BCUT2D eigenvalue weighted by atomic mass is 10.3. The van der Waals surface area contributed by atoms with Gasteiger partial charge in [-0.05, 0) is 18.2 Å². The highest BCUT2D eigenvalue weighted by atomic mass is 32.2. The first-order chi connectivity index (χ1) is 9.82. The Bertz CT molecular complexity index is 622. The minimum Gasteiger partial charge on any atom is -0.399 e. The summed E-state index contributed by atoms with van der Waals surface area (Å²) in [5.74, 6) is 0. The summed E-state index contributed by atoms with van der Waals surface area (Å²) in [5, 5.41) is 0. The van der Waals surface area contributed by atoms with Crippen LogP contribution in [0.4, 0.5) is 10.5 Å². The third-order valence-electron chi connectivity index (χ3n) is 3.39. The number of nitrogens with two attached hydrogens (primary N) is 1. The molecule has 21 heavy (non-hydrogen) atoms. The van der Waals surface area contributed by atoms with Gasteiger partial charge in [0.15, 0.2) is 0 Å². The van der Waals surface area contributed by atoms with Crippen LogP contribution in [0.15, 0.2) is 29.2 Å². The molecule has 1 fully saturated rings. The van der Waals surface area contributed by atoms with E-state index in [0.29, 0.717) is 18.8 Å². The van der Waals surface area contributed by atoms with Crippen molar-refractivity contribution < 1.29 is 13.2 Å². The first-order valence-electron chi connectivity index (χ1n) is 6.64. The van der Waals surface area contributed by atoms with Crippen LogP contribution in [0.25, 0.3) is 0 Å². The van der Waals surface area contributed by atoms with Crippen molar-refractivity contribution >= 4 is 21.7 Å². The van der Waals surface area contributed by atoms with Gasteiger partial charge in [-0.3, -0.25) is 0 Å². The molecule has 8 heteroatoms. The van der Waals surface area contributed by atoms with Crippen molar-refractivity contribution in [2.24, 2.45) is 0 Å². The second-order valence-electron chi connectivity index (χ2n) is 5.14. The average Bonchev–Trinajstić information content (AvgIpc) is 2.46. The Hall–Kier alpha value is -1.80. The second kappa shape index (κ2) is 5.90. The molecular formula is C13H20N4O3S. The number of nitrogen functional groups attached to an aromatic ring is 1. The number of hydrogen-bond acceptors (Lipinski definition) is 4. The van der Waals surface area contributed by atoms with Crippen LogP contribution < -0.4 is 5.73 Å². The Morgan fingerprint density at radius 3 is 2.33 bits per heavy atom. The summed E-state index contributed by atoms with van der Waals surface area (Å²) in [6.07, 6.45) is 0. The van der Waals surface area contributed by atoms with Crippen LogP contribution in [-0.4, -0.2) is 68.8 Å². The molecular weight excluding hydrogens is 292 g/mol. The minimum atomic E-state index is -3.55. The van der Waals surface area contributed by atoms with Crippen molar-refractivity contribution in [2.45, 2.75) is 4.90 Å². The van der Waals surface area contributed by atoms with E-state index in [2.05, 4.69) is 0 Å². The number of hydrogen-bond donors (Lipinski definition) is 1. The van der Waals surface area contributed by atoms with Gasteiger partial charge in [0.1, 0.15) is 0 Å². The molecule has 0 radical (unpaired) electrons. The number of sulfonamides is 1. The lowest BCUT2D eigenvalue weighted by molar-refractivity contribution is 0.149. The van der Waals surface area contributed by atoms with Crippen molar-refractivity contribution in [2.75, 3.05) is 46.0 Å². The fourth-order valence-corrected chi connectivity index (χ4v) is 3.70.